The van der Waals surface area contributed by atoms with Crippen molar-refractivity contribution >= 4 is 23.4 Å². The number of benzene rings is 2. The predicted octanol–water partition coefficient (Wildman–Crippen LogP) is 4.04. The first-order valence-corrected chi connectivity index (χ1v) is 9.16. The molecule has 0 spiro atoms. The molecule has 0 aliphatic carbocycles. The molecule has 1 N–H and O–H groups in total. The van der Waals surface area contributed by atoms with E-state index in [9.17, 15) is 4.79 Å². The number of nitrogens with one attached hydrogen (secondary N) is 1. The number of para-hydroxylation sites is 1. The zero-order valence-corrected chi connectivity index (χ0v) is 15.4. The van der Waals surface area contributed by atoms with Crippen LogP contribution in [0.4, 0.5) is 5.69 Å². The van der Waals surface area contributed by atoms with E-state index in [2.05, 4.69) is 22.4 Å². The average molecular weight is 369 g/mol. The summed E-state index contributed by atoms with van der Waals surface area (Å²) in [6.07, 6.45) is 0.923. The molecular weight excluding hydrogens is 350 g/mol. The first-order valence-electron chi connectivity index (χ1n) is 8.18. The third-order valence-electron chi connectivity index (χ3n) is 3.69. The molecule has 0 atom stereocenters. The molecule has 134 valence electrons. The van der Waals surface area contributed by atoms with Crippen molar-refractivity contribution in [1.82, 2.24) is 10.2 Å². The molecule has 3 rings (SSSR count). The normalized spacial score (nSPS) is 10.5. The van der Waals surface area contributed by atoms with E-state index in [4.69, 9.17) is 9.15 Å². The second-order valence-electron chi connectivity index (χ2n) is 5.46. The summed E-state index contributed by atoms with van der Waals surface area (Å²) in [5.41, 5.74) is 2.68. The molecule has 0 saturated heterocycles. The number of anilines is 1. The van der Waals surface area contributed by atoms with E-state index in [0.717, 1.165) is 17.7 Å². The van der Waals surface area contributed by atoms with E-state index in [1.54, 1.807) is 7.11 Å². The lowest BCUT2D eigenvalue weighted by Crippen LogP contribution is -2.14. The molecule has 0 bridgehead atoms. The van der Waals surface area contributed by atoms with E-state index in [1.165, 1.54) is 17.3 Å². The van der Waals surface area contributed by atoms with Gasteiger partial charge in [0.25, 0.3) is 11.1 Å². The molecule has 1 amide bonds. The van der Waals surface area contributed by atoms with Crippen molar-refractivity contribution in [1.29, 1.82) is 0 Å². The monoisotopic (exact) mass is 369 g/mol. The van der Waals surface area contributed by atoms with Crippen molar-refractivity contribution in [3.63, 3.8) is 0 Å². The Kier molecular flexibility index (Phi) is 5.91. The maximum atomic E-state index is 12.1. The number of carbonyl (C=O) groups excluding carboxylic acids is 1. The fourth-order valence-electron chi connectivity index (χ4n) is 2.39. The summed E-state index contributed by atoms with van der Waals surface area (Å²) in [6, 6.07) is 15.2. The molecule has 0 fully saturated rings. The number of carbonyl (C=O) groups is 1. The fraction of sp³-hybridized carbons (Fsp3) is 0.211. The van der Waals surface area contributed by atoms with Crippen LogP contribution in [0.5, 0.6) is 5.75 Å². The number of nitrogens with zero attached hydrogens (tertiary/aromatic N) is 2. The topological polar surface area (TPSA) is 77.2 Å². The number of amides is 1. The zero-order chi connectivity index (χ0) is 18.4. The van der Waals surface area contributed by atoms with Crippen LogP contribution in [0.2, 0.25) is 0 Å². The van der Waals surface area contributed by atoms with E-state index in [0.29, 0.717) is 16.9 Å². The molecule has 1 heterocycles. The van der Waals surface area contributed by atoms with Crippen LogP contribution in [0.3, 0.4) is 0 Å². The van der Waals surface area contributed by atoms with Gasteiger partial charge < -0.3 is 14.5 Å². The minimum Gasteiger partial charge on any atom is -0.496 e. The molecule has 26 heavy (non-hydrogen) atoms. The highest BCUT2D eigenvalue weighted by atomic mass is 32.2. The quantitative estimate of drug-likeness (QED) is 0.634. The van der Waals surface area contributed by atoms with Crippen LogP contribution in [0.15, 0.2) is 58.2 Å². The Balaban J connectivity index is 1.60. The second-order valence-corrected chi connectivity index (χ2v) is 6.39. The van der Waals surface area contributed by atoms with Crippen LogP contribution in [-0.4, -0.2) is 29.0 Å². The summed E-state index contributed by atoms with van der Waals surface area (Å²) in [6.45, 7) is 2.08. The van der Waals surface area contributed by atoms with Gasteiger partial charge in [-0.15, -0.1) is 10.2 Å². The van der Waals surface area contributed by atoms with Crippen molar-refractivity contribution in [2.45, 2.75) is 18.6 Å². The number of thioether (sulfide) groups is 1. The van der Waals surface area contributed by atoms with Gasteiger partial charge in [-0.2, -0.15) is 0 Å². The molecule has 3 aromatic rings. The van der Waals surface area contributed by atoms with Gasteiger partial charge in [0.15, 0.2) is 0 Å². The fourth-order valence-corrected chi connectivity index (χ4v) is 2.95. The minimum absolute atomic E-state index is 0.125. The molecule has 2 aromatic carbocycles. The third kappa shape index (κ3) is 4.43. The summed E-state index contributed by atoms with van der Waals surface area (Å²) >= 11 is 1.19. The number of methoxy groups -OCH3 is 1. The van der Waals surface area contributed by atoms with Crippen LogP contribution in [-0.2, 0) is 11.2 Å². The van der Waals surface area contributed by atoms with Crippen LogP contribution in [0.1, 0.15) is 12.5 Å². The Morgan fingerprint density at radius 1 is 1.19 bits per heavy atom. The molecular formula is C19H19N3O3S. The van der Waals surface area contributed by atoms with Crippen LogP contribution >= 0.6 is 11.8 Å². The predicted molar refractivity (Wildman–Crippen MR) is 101 cm³/mol. The minimum atomic E-state index is -0.125. The van der Waals surface area contributed by atoms with Crippen molar-refractivity contribution in [3.8, 4) is 17.2 Å². The first-order chi connectivity index (χ1) is 12.7. The highest BCUT2D eigenvalue weighted by Gasteiger charge is 2.14. The van der Waals surface area contributed by atoms with Gasteiger partial charge in [-0.25, -0.2) is 0 Å². The van der Waals surface area contributed by atoms with Crippen LogP contribution in [0.25, 0.3) is 11.5 Å². The van der Waals surface area contributed by atoms with Crippen LogP contribution < -0.4 is 10.1 Å². The largest absolute Gasteiger partial charge is 0.496 e. The summed E-state index contributed by atoms with van der Waals surface area (Å²) in [7, 11) is 1.59. The molecule has 1 aromatic heterocycles. The lowest BCUT2D eigenvalue weighted by molar-refractivity contribution is -0.113. The van der Waals surface area contributed by atoms with E-state index in [-0.39, 0.29) is 11.7 Å². The molecule has 0 aliphatic rings. The van der Waals surface area contributed by atoms with Crippen LogP contribution in [0, 0.1) is 0 Å². The van der Waals surface area contributed by atoms with E-state index >= 15 is 0 Å². The van der Waals surface area contributed by atoms with Crippen molar-refractivity contribution in [2.24, 2.45) is 0 Å². The average Bonchev–Trinajstić information content (AvgIpc) is 3.15. The van der Waals surface area contributed by atoms with Gasteiger partial charge in [0.2, 0.25) is 5.91 Å². The van der Waals surface area contributed by atoms with Crippen molar-refractivity contribution < 1.29 is 13.9 Å². The molecule has 0 saturated carbocycles. The smallest absolute Gasteiger partial charge is 0.277 e. The Morgan fingerprint density at radius 2 is 2.04 bits per heavy atom. The molecule has 0 unspecified atom stereocenters. The zero-order valence-electron chi connectivity index (χ0n) is 14.6. The van der Waals surface area contributed by atoms with E-state index < -0.39 is 0 Å². The van der Waals surface area contributed by atoms with Gasteiger partial charge in [-0.05, 0) is 36.2 Å². The lowest BCUT2D eigenvalue weighted by Gasteiger charge is -2.05. The first kappa shape index (κ1) is 18.0. The number of hydrogen-bond donors (Lipinski definition) is 1. The van der Waals surface area contributed by atoms with Crippen molar-refractivity contribution in [2.75, 3.05) is 18.2 Å². The molecule has 0 radical (unpaired) electrons. The Bertz CT molecular complexity index is 895. The number of ether oxygens (including phenoxy) is 1. The molecule has 0 aliphatic heterocycles. The summed E-state index contributed by atoms with van der Waals surface area (Å²) < 4.78 is 10.9. The standard InChI is InChI=1S/C19H19N3O3S/c1-3-13-7-6-8-14(11-13)20-17(23)12-26-19-22-21-18(25-19)15-9-4-5-10-16(15)24-2/h4-11H,3,12H2,1-2H3,(H,20,23). The summed E-state index contributed by atoms with van der Waals surface area (Å²) in [4.78, 5) is 12.1. The number of aromatic nitrogens is 2. The highest BCUT2D eigenvalue weighted by molar-refractivity contribution is 7.99. The van der Waals surface area contributed by atoms with Gasteiger partial charge in [-0.3, -0.25) is 4.79 Å². The Morgan fingerprint density at radius 3 is 2.85 bits per heavy atom. The van der Waals surface area contributed by atoms with Gasteiger partial charge in [-0.1, -0.05) is 43.0 Å². The van der Waals surface area contributed by atoms with Gasteiger partial charge in [0, 0.05) is 5.69 Å². The maximum absolute atomic E-state index is 12.1. The summed E-state index contributed by atoms with van der Waals surface area (Å²) in [5.74, 6) is 1.08. The number of hydrogen-bond acceptors (Lipinski definition) is 6. The number of rotatable bonds is 7. The molecule has 6 nitrogen and oxygen atoms in total. The molecule has 7 heteroatoms. The van der Waals surface area contributed by atoms with Gasteiger partial charge in [0.1, 0.15) is 5.75 Å². The van der Waals surface area contributed by atoms with Gasteiger partial charge in [0.05, 0.1) is 18.4 Å². The van der Waals surface area contributed by atoms with Gasteiger partial charge >= 0.3 is 0 Å². The third-order valence-corrected chi connectivity index (χ3v) is 4.51. The van der Waals surface area contributed by atoms with E-state index in [1.807, 2.05) is 48.5 Å². The Labute approximate surface area is 156 Å². The summed E-state index contributed by atoms with van der Waals surface area (Å²) in [5, 5.41) is 11.2. The highest BCUT2D eigenvalue weighted by Crippen LogP contribution is 2.30. The number of aryl methyl sites for hydroxylation is 1. The second kappa shape index (κ2) is 8.53. The lowest BCUT2D eigenvalue weighted by atomic mass is 10.1. The van der Waals surface area contributed by atoms with Crippen molar-refractivity contribution in [3.05, 3.63) is 54.1 Å². The Hall–Kier alpha value is -2.80. The maximum Gasteiger partial charge on any atom is 0.277 e. The SMILES string of the molecule is CCc1cccc(NC(=O)CSc2nnc(-c3ccccc3OC)o2)c1.